The smallest absolute Gasteiger partial charge is 0.371 e. The van der Waals surface area contributed by atoms with Crippen molar-refractivity contribution in [3.63, 3.8) is 0 Å². The fourth-order valence-electron chi connectivity index (χ4n) is 0.565. The van der Waals surface area contributed by atoms with Crippen molar-refractivity contribution in [3.05, 3.63) is 48.0 Å². The lowest BCUT2D eigenvalue weighted by molar-refractivity contribution is -0.136. The molecule has 0 aromatic rings. The third-order valence-corrected chi connectivity index (χ3v) is 2.36. The van der Waals surface area contributed by atoms with Crippen LogP contribution in [0.1, 0.15) is 0 Å². The second-order valence-corrected chi connectivity index (χ2v) is 4.12. The minimum Gasteiger partial charge on any atom is -0.475 e. The van der Waals surface area contributed by atoms with E-state index in [0.717, 1.165) is 0 Å². The van der Waals surface area contributed by atoms with Crippen molar-refractivity contribution in [2.45, 2.75) is 0 Å². The van der Waals surface area contributed by atoms with Crippen LogP contribution in [0.15, 0.2) is 48.0 Å². The monoisotopic (exact) mass is 274 g/mol. The van der Waals surface area contributed by atoms with Gasteiger partial charge in [0, 0.05) is 0 Å². The molecule has 0 fully saturated rings. The highest BCUT2D eigenvalue weighted by Gasteiger charge is 2.18. The Bertz CT molecular complexity index is 433. The van der Waals surface area contributed by atoms with Crippen LogP contribution in [0.3, 0.4) is 0 Å². The summed E-state index contributed by atoms with van der Waals surface area (Å²) in [6.07, 6.45) is 0. The standard InChI is InChI=1S/C10H10O7S/c1-5(9(11)12)16-7(3)18(15)8(4)17-6(2)10(13)14/h1-4H2,(H,11,12)(H,13,14). The fraction of sp³-hybridized carbons (Fsp3) is 0. The van der Waals surface area contributed by atoms with Gasteiger partial charge >= 0.3 is 11.9 Å². The molecule has 0 aromatic carbocycles. The highest BCUT2D eigenvalue weighted by atomic mass is 32.2. The third-order valence-electron chi connectivity index (χ3n) is 1.36. The average Bonchev–Trinajstić information content (AvgIpc) is 2.27. The Labute approximate surface area is 105 Å². The van der Waals surface area contributed by atoms with E-state index < -0.39 is 44.4 Å². The van der Waals surface area contributed by atoms with Crippen LogP contribution in [-0.4, -0.2) is 26.4 Å². The first-order valence-corrected chi connectivity index (χ1v) is 5.31. The first-order chi connectivity index (χ1) is 8.16. The summed E-state index contributed by atoms with van der Waals surface area (Å²) in [6, 6.07) is 0. The Morgan fingerprint density at radius 1 is 0.833 bits per heavy atom. The predicted molar refractivity (Wildman–Crippen MR) is 62.1 cm³/mol. The molecule has 0 atom stereocenters. The summed E-state index contributed by atoms with van der Waals surface area (Å²) in [4.78, 5) is 20.8. The summed E-state index contributed by atoms with van der Waals surface area (Å²) in [7, 11) is -2.17. The van der Waals surface area contributed by atoms with Crippen LogP contribution in [0.5, 0.6) is 0 Å². The molecule has 18 heavy (non-hydrogen) atoms. The van der Waals surface area contributed by atoms with E-state index in [1.54, 1.807) is 0 Å². The van der Waals surface area contributed by atoms with Crippen molar-refractivity contribution < 1.29 is 33.5 Å². The molecule has 0 amide bonds. The number of aliphatic carboxylic acids is 2. The van der Waals surface area contributed by atoms with E-state index in [-0.39, 0.29) is 0 Å². The van der Waals surface area contributed by atoms with Gasteiger partial charge in [0.2, 0.25) is 11.5 Å². The lowest BCUT2D eigenvalue weighted by Crippen LogP contribution is -2.10. The van der Waals surface area contributed by atoms with Crippen LogP contribution in [0, 0.1) is 0 Å². The van der Waals surface area contributed by atoms with Gasteiger partial charge in [-0.1, -0.05) is 0 Å². The second-order valence-electron chi connectivity index (χ2n) is 2.67. The molecule has 0 saturated heterocycles. The number of carboxylic acid groups (broad SMARTS) is 2. The summed E-state index contributed by atoms with van der Waals surface area (Å²) in [5.74, 6) is -4.32. The van der Waals surface area contributed by atoms with E-state index in [4.69, 9.17) is 10.2 Å². The largest absolute Gasteiger partial charge is 0.475 e. The van der Waals surface area contributed by atoms with Gasteiger partial charge in [0.05, 0.1) is 0 Å². The molecular weight excluding hydrogens is 264 g/mol. The minimum atomic E-state index is -2.17. The second kappa shape index (κ2) is 6.40. The maximum absolute atomic E-state index is 11.6. The Morgan fingerprint density at radius 3 is 1.33 bits per heavy atom. The van der Waals surface area contributed by atoms with Gasteiger partial charge in [-0.2, -0.15) is 0 Å². The topological polar surface area (TPSA) is 110 Å². The van der Waals surface area contributed by atoms with Crippen LogP contribution < -0.4 is 0 Å². The molecule has 7 nitrogen and oxygen atoms in total. The van der Waals surface area contributed by atoms with E-state index >= 15 is 0 Å². The maximum atomic E-state index is 11.6. The van der Waals surface area contributed by atoms with Crippen molar-refractivity contribution in [1.29, 1.82) is 0 Å². The van der Waals surface area contributed by atoms with Crippen molar-refractivity contribution in [1.82, 2.24) is 0 Å². The number of hydrogen-bond donors (Lipinski definition) is 2. The molecule has 0 spiro atoms. The number of carboxylic acids is 2. The van der Waals surface area contributed by atoms with Gasteiger partial charge in [0.15, 0.2) is 21.0 Å². The molecule has 0 aliphatic heterocycles. The molecule has 0 unspecified atom stereocenters. The predicted octanol–water partition coefficient (Wildman–Crippen LogP) is 0.907. The molecule has 8 heteroatoms. The summed E-state index contributed by atoms with van der Waals surface area (Å²) in [6.45, 7) is 12.4. The Hall–Kier alpha value is -2.35. The molecule has 0 aliphatic carbocycles. The van der Waals surface area contributed by atoms with E-state index in [9.17, 15) is 13.8 Å². The first-order valence-electron chi connectivity index (χ1n) is 4.16. The van der Waals surface area contributed by atoms with Crippen LogP contribution >= 0.6 is 0 Å². The van der Waals surface area contributed by atoms with Crippen molar-refractivity contribution in [3.8, 4) is 0 Å². The van der Waals surface area contributed by atoms with Crippen LogP contribution in [-0.2, 0) is 29.9 Å². The number of ether oxygens (including phenoxy) is 2. The van der Waals surface area contributed by atoms with Gasteiger partial charge in [-0.3, -0.25) is 0 Å². The van der Waals surface area contributed by atoms with Gasteiger partial charge in [-0.25, -0.2) is 13.8 Å². The number of rotatable bonds is 8. The summed E-state index contributed by atoms with van der Waals surface area (Å²) >= 11 is 0. The molecule has 0 radical (unpaired) electrons. The van der Waals surface area contributed by atoms with Crippen molar-refractivity contribution in [2.24, 2.45) is 0 Å². The van der Waals surface area contributed by atoms with Gasteiger partial charge in [-0.05, 0) is 26.3 Å². The van der Waals surface area contributed by atoms with E-state index in [1.165, 1.54) is 0 Å². The highest BCUT2D eigenvalue weighted by Crippen LogP contribution is 2.16. The van der Waals surface area contributed by atoms with Gasteiger partial charge in [0.1, 0.15) is 0 Å². The fourth-order valence-corrected chi connectivity index (χ4v) is 1.17. The zero-order valence-electron chi connectivity index (χ0n) is 9.17. The molecule has 0 aliphatic rings. The Morgan fingerprint density at radius 2 is 1.11 bits per heavy atom. The molecule has 0 saturated carbocycles. The molecular formula is C10H10O7S. The van der Waals surface area contributed by atoms with E-state index in [0.29, 0.717) is 0 Å². The molecule has 0 rings (SSSR count). The van der Waals surface area contributed by atoms with E-state index in [2.05, 4.69) is 35.8 Å². The molecule has 0 bridgehead atoms. The zero-order chi connectivity index (χ0) is 14.5. The third kappa shape index (κ3) is 4.66. The van der Waals surface area contributed by atoms with Crippen LogP contribution in [0.25, 0.3) is 0 Å². The average molecular weight is 274 g/mol. The quantitative estimate of drug-likeness (QED) is 0.500. The lowest BCUT2D eigenvalue weighted by atomic mass is 10.6. The summed E-state index contributed by atoms with van der Waals surface area (Å²) in [5, 5.41) is 15.9. The highest BCUT2D eigenvalue weighted by molar-refractivity contribution is 7.92. The van der Waals surface area contributed by atoms with Gasteiger partial charge < -0.3 is 19.7 Å². The molecule has 2 N–H and O–H groups in total. The Kier molecular flexibility index (Phi) is 5.57. The number of hydrogen-bond acceptors (Lipinski definition) is 5. The molecule has 0 aromatic heterocycles. The maximum Gasteiger partial charge on any atom is 0.371 e. The summed E-state index contributed by atoms with van der Waals surface area (Å²) in [5.41, 5.74) is 0. The van der Waals surface area contributed by atoms with Crippen LogP contribution in [0.2, 0.25) is 0 Å². The lowest BCUT2D eigenvalue weighted by Gasteiger charge is -2.10. The SMILES string of the molecule is C=C(OC(=C)S(=O)C(=C)OC(=C)C(=O)O)C(=O)O. The minimum absolute atomic E-state index is 0.509. The van der Waals surface area contributed by atoms with Crippen LogP contribution in [0.4, 0.5) is 0 Å². The summed E-state index contributed by atoms with van der Waals surface area (Å²) < 4.78 is 20.6. The van der Waals surface area contributed by atoms with Gasteiger partial charge in [0.25, 0.3) is 0 Å². The molecule has 98 valence electrons. The number of carbonyl (C=O) groups is 2. The molecule has 0 heterocycles. The van der Waals surface area contributed by atoms with Crippen molar-refractivity contribution in [2.75, 3.05) is 0 Å². The normalized spacial score (nSPS) is 9.39. The first kappa shape index (κ1) is 15.7. The van der Waals surface area contributed by atoms with Crippen molar-refractivity contribution >= 4 is 22.7 Å². The Balaban J connectivity index is 4.57. The zero-order valence-corrected chi connectivity index (χ0v) is 9.99. The van der Waals surface area contributed by atoms with Gasteiger partial charge in [-0.15, -0.1) is 0 Å². The van der Waals surface area contributed by atoms with E-state index in [1.807, 2.05) is 0 Å².